The Balaban J connectivity index is 2.56. The molecule has 1 fully saturated rings. The molecule has 0 heterocycles. The molecule has 0 spiro atoms. The van der Waals surface area contributed by atoms with Crippen molar-refractivity contribution in [2.24, 2.45) is 5.92 Å². The largest absolute Gasteiger partial charge is 0.481 e. The average molecular weight is 298 g/mol. The Bertz CT molecular complexity index is 349. The predicted molar refractivity (Wildman–Crippen MR) is 83.3 cm³/mol. The Labute approximate surface area is 128 Å². The van der Waals surface area contributed by atoms with Gasteiger partial charge in [-0.15, -0.1) is 0 Å². The Hall–Kier alpha value is -1.26. The zero-order chi connectivity index (χ0) is 16.0. The Morgan fingerprint density at radius 1 is 1.19 bits per heavy atom. The molecule has 21 heavy (non-hydrogen) atoms. The van der Waals surface area contributed by atoms with Crippen LogP contribution in [-0.4, -0.2) is 52.6 Å². The standard InChI is InChI=1S/C16H30N2O3/c1-12(2)18(11-5-6-15(19)20)16(21)17(4)14-9-7-13(3)8-10-14/h12-14H,5-11H2,1-4H3,(H,19,20). The molecule has 0 saturated heterocycles. The molecule has 2 amide bonds. The fourth-order valence-corrected chi connectivity index (χ4v) is 2.96. The van der Waals surface area contributed by atoms with Gasteiger partial charge in [0.2, 0.25) is 0 Å². The average Bonchev–Trinajstić information content (AvgIpc) is 2.42. The minimum Gasteiger partial charge on any atom is -0.481 e. The van der Waals surface area contributed by atoms with Crippen LogP contribution in [0.15, 0.2) is 0 Å². The summed E-state index contributed by atoms with van der Waals surface area (Å²) in [6.07, 6.45) is 5.14. The summed E-state index contributed by atoms with van der Waals surface area (Å²) >= 11 is 0. The lowest BCUT2D eigenvalue weighted by Gasteiger charge is -2.38. The van der Waals surface area contributed by atoms with Gasteiger partial charge in [-0.05, 0) is 51.9 Å². The first-order chi connectivity index (χ1) is 9.82. The molecule has 0 aromatic carbocycles. The lowest BCUT2D eigenvalue weighted by molar-refractivity contribution is -0.137. The zero-order valence-electron chi connectivity index (χ0n) is 13.8. The molecule has 1 N–H and O–H groups in total. The Morgan fingerprint density at radius 2 is 1.76 bits per heavy atom. The summed E-state index contributed by atoms with van der Waals surface area (Å²) in [6.45, 7) is 6.74. The number of urea groups is 1. The van der Waals surface area contributed by atoms with Crippen molar-refractivity contribution in [3.05, 3.63) is 0 Å². The second-order valence-electron chi connectivity index (χ2n) is 6.59. The van der Waals surface area contributed by atoms with Crippen LogP contribution in [0.2, 0.25) is 0 Å². The second-order valence-corrected chi connectivity index (χ2v) is 6.59. The molecule has 0 bridgehead atoms. The van der Waals surface area contributed by atoms with Crippen LogP contribution >= 0.6 is 0 Å². The summed E-state index contributed by atoms with van der Waals surface area (Å²) in [6, 6.07) is 0.459. The van der Waals surface area contributed by atoms with Gasteiger partial charge in [0, 0.05) is 32.1 Å². The lowest BCUT2D eigenvalue weighted by Crippen LogP contribution is -2.49. The highest BCUT2D eigenvalue weighted by Crippen LogP contribution is 2.27. The highest BCUT2D eigenvalue weighted by atomic mass is 16.4. The van der Waals surface area contributed by atoms with Crippen molar-refractivity contribution in [3.63, 3.8) is 0 Å². The van der Waals surface area contributed by atoms with Gasteiger partial charge >= 0.3 is 12.0 Å². The van der Waals surface area contributed by atoms with Crippen LogP contribution in [0.4, 0.5) is 4.79 Å². The number of amides is 2. The maximum atomic E-state index is 12.6. The maximum absolute atomic E-state index is 12.6. The van der Waals surface area contributed by atoms with Crippen molar-refractivity contribution in [2.45, 2.75) is 71.4 Å². The van der Waals surface area contributed by atoms with Crippen LogP contribution in [-0.2, 0) is 4.79 Å². The van der Waals surface area contributed by atoms with E-state index in [-0.39, 0.29) is 18.5 Å². The molecule has 1 aliphatic carbocycles. The van der Waals surface area contributed by atoms with E-state index >= 15 is 0 Å². The van der Waals surface area contributed by atoms with Crippen molar-refractivity contribution in [1.29, 1.82) is 0 Å². The first kappa shape index (κ1) is 17.8. The number of hydrogen-bond donors (Lipinski definition) is 1. The number of rotatable bonds is 6. The van der Waals surface area contributed by atoms with Crippen LogP contribution < -0.4 is 0 Å². The number of hydrogen-bond acceptors (Lipinski definition) is 2. The molecular weight excluding hydrogens is 268 g/mol. The van der Waals surface area contributed by atoms with Crippen LogP contribution in [0.3, 0.4) is 0 Å². The van der Waals surface area contributed by atoms with Gasteiger partial charge in [-0.2, -0.15) is 0 Å². The number of carboxylic acids is 1. The van der Waals surface area contributed by atoms with Crippen molar-refractivity contribution in [1.82, 2.24) is 9.80 Å². The quantitative estimate of drug-likeness (QED) is 0.819. The SMILES string of the molecule is CC1CCC(N(C)C(=O)N(CCCC(=O)O)C(C)C)CC1. The van der Waals surface area contributed by atoms with Gasteiger partial charge < -0.3 is 14.9 Å². The van der Waals surface area contributed by atoms with E-state index in [1.165, 1.54) is 12.8 Å². The van der Waals surface area contributed by atoms with E-state index in [9.17, 15) is 9.59 Å². The van der Waals surface area contributed by atoms with Crippen molar-refractivity contribution in [2.75, 3.05) is 13.6 Å². The van der Waals surface area contributed by atoms with E-state index < -0.39 is 5.97 Å². The minimum atomic E-state index is -0.805. The molecule has 5 heteroatoms. The summed E-state index contributed by atoms with van der Waals surface area (Å²) in [5, 5.41) is 8.73. The fourth-order valence-electron chi connectivity index (χ4n) is 2.96. The van der Waals surface area contributed by atoms with E-state index in [1.54, 1.807) is 4.90 Å². The van der Waals surface area contributed by atoms with Gasteiger partial charge in [-0.1, -0.05) is 6.92 Å². The van der Waals surface area contributed by atoms with E-state index in [1.807, 2.05) is 25.8 Å². The highest BCUT2D eigenvalue weighted by molar-refractivity contribution is 5.75. The molecule has 5 nitrogen and oxygen atoms in total. The molecule has 0 unspecified atom stereocenters. The number of nitrogens with zero attached hydrogens (tertiary/aromatic N) is 2. The van der Waals surface area contributed by atoms with Crippen molar-refractivity contribution in [3.8, 4) is 0 Å². The summed E-state index contributed by atoms with van der Waals surface area (Å²) in [5.41, 5.74) is 0. The summed E-state index contributed by atoms with van der Waals surface area (Å²) < 4.78 is 0. The fraction of sp³-hybridized carbons (Fsp3) is 0.875. The van der Waals surface area contributed by atoms with E-state index in [4.69, 9.17) is 5.11 Å². The number of carbonyl (C=O) groups excluding carboxylic acids is 1. The van der Waals surface area contributed by atoms with Crippen LogP contribution in [0.25, 0.3) is 0 Å². The number of carbonyl (C=O) groups is 2. The maximum Gasteiger partial charge on any atom is 0.320 e. The normalized spacial score (nSPS) is 22.1. The topological polar surface area (TPSA) is 60.9 Å². The van der Waals surface area contributed by atoms with Gasteiger partial charge in [0.05, 0.1) is 0 Å². The zero-order valence-corrected chi connectivity index (χ0v) is 13.8. The predicted octanol–water partition coefficient (Wildman–Crippen LogP) is 3.19. The van der Waals surface area contributed by atoms with Gasteiger partial charge in [-0.25, -0.2) is 4.79 Å². The van der Waals surface area contributed by atoms with Gasteiger partial charge in [0.1, 0.15) is 0 Å². The molecule has 0 radical (unpaired) electrons. The minimum absolute atomic E-state index is 0.0370. The summed E-state index contributed by atoms with van der Waals surface area (Å²) in [7, 11) is 1.88. The number of carboxylic acid groups (broad SMARTS) is 1. The molecule has 0 atom stereocenters. The molecule has 0 aliphatic heterocycles. The first-order valence-electron chi connectivity index (χ1n) is 8.08. The third kappa shape index (κ3) is 5.56. The lowest BCUT2D eigenvalue weighted by atomic mass is 9.87. The molecule has 1 saturated carbocycles. The van der Waals surface area contributed by atoms with Gasteiger partial charge in [0.25, 0.3) is 0 Å². The molecule has 1 rings (SSSR count). The van der Waals surface area contributed by atoms with Crippen molar-refractivity contribution < 1.29 is 14.7 Å². The van der Waals surface area contributed by atoms with Crippen LogP contribution in [0, 0.1) is 5.92 Å². The van der Waals surface area contributed by atoms with Gasteiger partial charge in [0.15, 0.2) is 0 Å². The molecule has 0 aromatic heterocycles. The highest BCUT2D eigenvalue weighted by Gasteiger charge is 2.28. The first-order valence-corrected chi connectivity index (χ1v) is 8.08. The monoisotopic (exact) mass is 298 g/mol. The summed E-state index contributed by atoms with van der Waals surface area (Å²) in [4.78, 5) is 26.9. The van der Waals surface area contributed by atoms with Crippen LogP contribution in [0.5, 0.6) is 0 Å². The third-order valence-corrected chi connectivity index (χ3v) is 4.49. The Kier molecular flexibility index (Phi) is 6.99. The third-order valence-electron chi connectivity index (χ3n) is 4.49. The molecule has 122 valence electrons. The summed E-state index contributed by atoms with van der Waals surface area (Å²) in [5.74, 6) is -0.0395. The van der Waals surface area contributed by atoms with Crippen LogP contribution in [0.1, 0.15) is 59.3 Å². The molecule has 1 aliphatic rings. The van der Waals surface area contributed by atoms with E-state index in [0.29, 0.717) is 19.0 Å². The van der Waals surface area contributed by atoms with E-state index in [2.05, 4.69) is 6.92 Å². The molecular formula is C16H30N2O3. The smallest absolute Gasteiger partial charge is 0.320 e. The second kappa shape index (κ2) is 8.25. The van der Waals surface area contributed by atoms with Crippen molar-refractivity contribution >= 4 is 12.0 Å². The molecule has 0 aromatic rings. The van der Waals surface area contributed by atoms with Gasteiger partial charge in [-0.3, -0.25) is 4.79 Å². The Morgan fingerprint density at radius 3 is 2.24 bits per heavy atom. The number of aliphatic carboxylic acids is 1. The van der Waals surface area contributed by atoms with E-state index in [0.717, 1.165) is 18.8 Å².